The monoisotopic (exact) mass is 592 g/mol. The van der Waals surface area contributed by atoms with Gasteiger partial charge in [-0.25, -0.2) is 14.4 Å². The minimum atomic E-state index is -1.53. The van der Waals surface area contributed by atoms with Crippen LogP contribution < -0.4 is 0 Å². The number of carbonyl (C=O) groups is 3. The Kier molecular flexibility index (Phi) is 10.6. The Balaban J connectivity index is 1.61. The van der Waals surface area contributed by atoms with Gasteiger partial charge < -0.3 is 28.8 Å². The lowest BCUT2D eigenvalue weighted by Gasteiger charge is -2.43. The molecule has 0 aliphatic carbocycles. The number of ether oxygens (including phenoxy) is 5. The highest BCUT2D eigenvalue weighted by atomic mass is 28.3. The highest BCUT2D eigenvalue weighted by molar-refractivity contribution is 6.76. The third kappa shape index (κ3) is 8.59. The first-order valence-electron chi connectivity index (χ1n) is 13.8. The molecule has 1 aliphatic rings. The maximum Gasteiger partial charge on any atom is 0.338 e. The second-order valence-electron chi connectivity index (χ2n) is 11.2. The zero-order chi connectivity index (χ0) is 30.1. The van der Waals surface area contributed by atoms with E-state index in [4.69, 9.17) is 23.7 Å². The lowest BCUT2D eigenvalue weighted by molar-refractivity contribution is -0.298. The van der Waals surface area contributed by atoms with Gasteiger partial charge in [-0.1, -0.05) is 74.2 Å². The van der Waals surface area contributed by atoms with Crippen LogP contribution in [0.5, 0.6) is 0 Å². The molecule has 5 atom stereocenters. The van der Waals surface area contributed by atoms with Gasteiger partial charge in [-0.05, 0) is 42.4 Å². The largest absolute Gasteiger partial charge is 0.459 e. The second-order valence-corrected chi connectivity index (χ2v) is 16.8. The first-order chi connectivity index (χ1) is 20.1. The fourth-order valence-corrected chi connectivity index (χ4v) is 4.98. The van der Waals surface area contributed by atoms with E-state index in [9.17, 15) is 19.5 Å². The molecule has 42 heavy (non-hydrogen) atoms. The minimum absolute atomic E-state index is 0.243. The van der Waals surface area contributed by atoms with E-state index >= 15 is 0 Å². The molecule has 0 amide bonds. The van der Waals surface area contributed by atoms with Gasteiger partial charge in [0.15, 0.2) is 18.5 Å². The zero-order valence-electron chi connectivity index (χ0n) is 23.9. The Morgan fingerprint density at radius 2 is 1.17 bits per heavy atom. The fourth-order valence-electron chi connectivity index (χ4n) is 4.25. The molecule has 0 spiro atoms. The lowest BCUT2D eigenvalue weighted by atomic mass is 9.98. The Labute approximate surface area is 246 Å². The molecule has 1 N–H and O–H groups in total. The quantitative estimate of drug-likeness (QED) is 0.191. The predicted molar refractivity (Wildman–Crippen MR) is 157 cm³/mol. The number of aliphatic hydroxyl groups is 1. The molecule has 1 heterocycles. The fraction of sp³-hybridized carbons (Fsp3) is 0.344. The van der Waals surface area contributed by atoms with Crippen molar-refractivity contribution in [3.63, 3.8) is 0 Å². The summed E-state index contributed by atoms with van der Waals surface area (Å²) in [4.78, 5) is 38.9. The van der Waals surface area contributed by atoms with Gasteiger partial charge in [0, 0.05) is 14.7 Å². The number of esters is 3. The zero-order valence-corrected chi connectivity index (χ0v) is 24.9. The summed E-state index contributed by atoms with van der Waals surface area (Å²) in [5, 5.41) is 11.4. The Hall–Kier alpha value is -3.83. The van der Waals surface area contributed by atoms with Crippen molar-refractivity contribution in [1.82, 2.24) is 0 Å². The van der Waals surface area contributed by atoms with Crippen LogP contribution in [0.25, 0.3) is 0 Å². The maximum atomic E-state index is 13.1. The molecule has 3 aromatic carbocycles. The normalized spacial score (nSPS) is 22.1. The van der Waals surface area contributed by atoms with Crippen molar-refractivity contribution < 1.29 is 43.2 Å². The average molecular weight is 593 g/mol. The van der Waals surface area contributed by atoms with Crippen LogP contribution in [-0.4, -0.2) is 75.0 Å². The van der Waals surface area contributed by atoms with Gasteiger partial charge in [-0.15, -0.1) is 0 Å². The smallest absolute Gasteiger partial charge is 0.338 e. The predicted octanol–water partition coefficient (Wildman–Crippen LogP) is 4.74. The third-order valence-corrected chi connectivity index (χ3v) is 8.35. The van der Waals surface area contributed by atoms with Crippen molar-refractivity contribution in [3.8, 4) is 0 Å². The average Bonchev–Trinajstić information content (AvgIpc) is 2.99. The van der Waals surface area contributed by atoms with Crippen molar-refractivity contribution in [2.75, 3.05) is 13.2 Å². The highest BCUT2D eigenvalue weighted by Crippen LogP contribution is 2.29. The summed E-state index contributed by atoms with van der Waals surface area (Å²) in [6.07, 6.45) is -6.59. The molecule has 9 nitrogen and oxygen atoms in total. The van der Waals surface area contributed by atoms with Crippen LogP contribution in [0.4, 0.5) is 0 Å². The molecule has 0 bridgehead atoms. The van der Waals surface area contributed by atoms with Crippen LogP contribution in [0.15, 0.2) is 91.0 Å². The van der Waals surface area contributed by atoms with Crippen molar-refractivity contribution in [3.05, 3.63) is 108 Å². The first-order valence-corrected chi connectivity index (χ1v) is 17.5. The molecule has 10 heteroatoms. The number of benzene rings is 3. The van der Waals surface area contributed by atoms with Gasteiger partial charge in [0.1, 0.15) is 18.8 Å². The summed E-state index contributed by atoms with van der Waals surface area (Å²) in [7, 11) is -1.53. The van der Waals surface area contributed by atoms with Gasteiger partial charge in [0.25, 0.3) is 0 Å². The lowest BCUT2D eigenvalue weighted by Crippen LogP contribution is -2.62. The topological polar surface area (TPSA) is 118 Å². The van der Waals surface area contributed by atoms with Gasteiger partial charge in [0.05, 0.1) is 16.7 Å². The standard InChI is InChI=1S/C32H36O9Si/c1-42(2,3)20-19-37-32-28(41-31(36)24-17-11-6-12-18-24)27(40-30(35)23-15-9-5-10-16-23)26(33)25(39-32)21-38-29(34)22-13-7-4-8-14-22/h4-18,25-28,32-33H,19-21H2,1-3H3/t25-,26+,27+,28-,32-/m1/s1. The number of carbonyl (C=O) groups excluding carboxylic acids is 3. The Morgan fingerprint density at radius 1 is 0.714 bits per heavy atom. The van der Waals surface area contributed by atoms with E-state index < -0.39 is 56.7 Å². The van der Waals surface area contributed by atoms with Crippen LogP contribution in [0, 0.1) is 0 Å². The van der Waals surface area contributed by atoms with E-state index in [1.165, 1.54) is 0 Å². The number of hydrogen-bond donors (Lipinski definition) is 1. The molecule has 0 radical (unpaired) electrons. The molecule has 0 aromatic heterocycles. The van der Waals surface area contributed by atoms with Crippen LogP contribution in [0.3, 0.4) is 0 Å². The summed E-state index contributed by atoms with van der Waals surface area (Å²) in [6, 6.07) is 25.7. The van der Waals surface area contributed by atoms with Gasteiger partial charge in [0.2, 0.25) is 0 Å². The molecule has 1 aliphatic heterocycles. The molecular formula is C32H36O9Si. The summed E-state index contributed by atoms with van der Waals surface area (Å²) in [5.41, 5.74) is 0.833. The molecule has 222 valence electrons. The summed E-state index contributed by atoms with van der Waals surface area (Å²) >= 11 is 0. The Bertz CT molecular complexity index is 1310. The Morgan fingerprint density at radius 3 is 1.64 bits per heavy atom. The summed E-state index contributed by atoms with van der Waals surface area (Å²) < 4.78 is 29.2. The van der Waals surface area contributed by atoms with Crippen molar-refractivity contribution in [1.29, 1.82) is 0 Å². The maximum absolute atomic E-state index is 13.1. The number of aliphatic hydroxyl groups excluding tert-OH is 1. The van der Waals surface area contributed by atoms with Gasteiger partial charge in [-0.3, -0.25) is 0 Å². The second kappa shape index (κ2) is 14.4. The van der Waals surface area contributed by atoms with Crippen molar-refractivity contribution in [2.45, 2.75) is 56.4 Å². The van der Waals surface area contributed by atoms with Crippen molar-refractivity contribution in [2.24, 2.45) is 0 Å². The molecule has 4 rings (SSSR count). The molecular weight excluding hydrogens is 556 g/mol. The van der Waals surface area contributed by atoms with Gasteiger partial charge in [-0.2, -0.15) is 0 Å². The SMILES string of the molecule is C[Si](C)(C)CCO[C@@H]1O[C@H](COC(=O)c2ccccc2)[C@H](O)[C@H](OC(=O)c2ccccc2)[C@H]1OC(=O)c1ccccc1. The summed E-state index contributed by atoms with van der Waals surface area (Å²) in [5.74, 6) is -2.05. The van der Waals surface area contributed by atoms with Gasteiger partial charge >= 0.3 is 17.9 Å². The van der Waals surface area contributed by atoms with E-state index in [-0.39, 0.29) is 24.3 Å². The molecule has 0 saturated carbocycles. The molecule has 1 saturated heterocycles. The number of rotatable bonds is 11. The first kappa shape index (κ1) is 31.1. The van der Waals surface area contributed by atoms with Crippen molar-refractivity contribution >= 4 is 26.0 Å². The van der Waals surface area contributed by atoms with Crippen LogP contribution >= 0.6 is 0 Å². The van der Waals surface area contributed by atoms with E-state index in [0.717, 1.165) is 6.04 Å². The molecule has 3 aromatic rings. The van der Waals surface area contributed by atoms with E-state index in [0.29, 0.717) is 5.56 Å². The number of hydrogen-bond acceptors (Lipinski definition) is 9. The van der Waals surface area contributed by atoms with E-state index in [1.807, 2.05) is 0 Å². The van der Waals surface area contributed by atoms with Crippen LogP contribution in [-0.2, 0) is 23.7 Å². The highest BCUT2D eigenvalue weighted by Gasteiger charge is 2.51. The third-order valence-electron chi connectivity index (χ3n) is 6.65. The minimum Gasteiger partial charge on any atom is -0.459 e. The van der Waals surface area contributed by atoms with E-state index in [1.54, 1.807) is 91.0 Å². The van der Waals surface area contributed by atoms with E-state index in [2.05, 4.69) is 19.6 Å². The molecule has 1 fully saturated rings. The molecule has 0 unspecified atom stereocenters. The van der Waals surface area contributed by atoms with Crippen LogP contribution in [0.1, 0.15) is 31.1 Å². The summed E-state index contributed by atoms with van der Waals surface area (Å²) in [6.45, 7) is 6.48. The van der Waals surface area contributed by atoms with Crippen LogP contribution in [0.2, 0.25) is 25.7 Å².